The smallest absolute Gasteiger partial charge is 0.251 e. The van der Waals surface area contributed by atoms with Crippen molar-refractivity contribution in [2.45, 2.75) is 44.2 Å². The zero-order valence-corrected chi connectivity index (χ0v) is 15.8. The number of piperidine rings is 1. The summed E-state index contributed by atoms with van der Waals surface area (Å²) in [5.74, 6) is 0.360. The van der Waals surface area contributed by atoms with E-state index in [2.05, 4.69) is 17.1 Å². The highest BCUT2D eigenvalue weighted by atomic mass is 16.7. The lowest BCUT2D eigenvalue weighted by molar-refractivity contribution is -0.228. The van der Waals surface area contributed by atoms with Gasteiger partial charge in [-0.2, -0.15) is 0 Å². The van der Waals surface area contributed by atoms with Crippen molar-refractivity contribution in [1.82, 2.24) is 9.88 Å². The molecule has 0 unspecified atom stereocenters. The first-order valence-electron chi connectivity index (χ1n) is 9.99. The van der Waals surface area contributed by atoms with Gasteiger partial charge < -0.3 is 19.1 Å². The van der Waals surface area contributed by atoms with E-state index in [0.717, 1.165) is 35.3 Å². The number of benzene rings is 1. The minimum atomic E-state index is -0.629. The number of pyridine rings is 1. The summed E-state index contributed by atoms with van der Waals surface area (Å²) in [6.07, 6.45) is 6.53. The Hall–Kier alpha value is -2.44. The number of nitrogens with zero attached hydrogens (tertiary/aromatic N) is 2. The van der Waals surface area contributed by atoms with Crippen LogP contribution in [0.3, 0.4) is 0 Å². The number of aromatic nitrogens is 1. The van der Waals surface area contributed by atoms with E-state index in [-0.39, 0.29) is 12.0 Å². The summed E-state index contributed by atoms with van der Waals surface area (Å²) < 4.78 is 18.0. The van der Waals surface area contributed by atoms with Crippen molar-refractivity contribution < 1.29 is 19.0 Å². The van der Waals surface area contributed by atoms with Gasteiger partial charge in [0.1, 0.15) is 11.9 Å². The number of ether oxygens (including phenoxy) is 3. The number of carbonyl (C=O) groups is 1. The summed E-state index contributed by atoms with van der Waals surface area (Å²) in [5, 5.41) is 0. The molecule has 2 aromatic rings. The predicted molar refractivity (Wildman–Crippen MR) is 103 cm³/mol. The summed E-state index contributed by atoms with van der Waals surface area (Å²) in [4.78, 5) is 18.6. The van der Waals surface area contributed by atoms with E-state index in [0.29, 0.717) is 39.1 Å². The zero-order chi connectivity index (χ0) is 19.0. The maximum Gasteiger partial charge on any atom is 0.251 e. The van der Waals surface area contributed by atoms with Crippen molar-refractivity contribution in [2.75, 3.05) is 19.7 Å². The van der Waals surface area contributed by atoms with Gasteiger partial charge in [-0.25, -0.2) is 0 Å². The van der Waals surface area contributed by atoms with Gasteiger partial charge in [-0.1, -0.05) is 12.1 Å². The van der Waals surface area contributed by atoms with Gasteiger partial charge in [0.15, 0.2) is 0 Å². The minimum absolute atomic E-state index is 0.115. The van der Waals surface area contributed by atoms with Crippen LogP contribution in [0.25, 0.3) is 11.1 Å². The molecule has 2 saturated heterocycles. The first kappa shape index (κ1) is 17.6. The molecular formula is C22H24N2O4. The van der Waals surface area contributed by atoms with E-state index in [4.69, 9.17) is 14.2 Å². The van der Waals surface area contributed by atoms with Gasteiger partial charge >= 0.3 is 0 Å². The quantitative estimate of drug-likeness (QED) is 0.801. The van der Waals surface area contributed by atoms with Crippen LogP contribution in [0.15, 0.2) is 42.7 Å². The Balaban J connectivity index is 1.27. The van der Waals surface area contributed by atoms with Crippen LogP contribution in [0.1, 0.15) is 31.2 Å². The number of hydrogen-bond donors (Lipinski definition) is 0. The van der Waals surface area contributed by atoms with E-state index >= 15 is 0 Å². The maximum atomic E-state index is 12.6. The van der Waals surface area contributed by atoms with Gasteiger partial charge in [-0.3, -0.25) is 9.78 Å². The van der Waals surface area contributed by atoms with Gasteiger partial charge in [0.25, 0.3) is 5.91 Å². The topological polar surface area (TPSA) is 60.9 Å². The maximum absolute atomic E-state index is 12.6. The van der Waals surface area contributed by atoms with Crippen LogP contribution in [0.5, 0.6) is 5.75 Å². The predicted octanol–water partition coefficient (Wildman–Crippen LogP) is 3.16. The fraction of sp³-hybridized carbons (Fsp3) is 0.455. The molecule has 0 aliphatic carbocycles. The molecule has 0 saturated carbocycles. The third-order valence-electron chi connectivity index (χ3n) is 5.88. The molecule has 0 bridgehead atoms. The summed E-state index contributed by atoms with van der Waals surface area (Å²) in [6, 6.07) is 10.2. The molecule has 6 heteroatoms. The van der Waals surface area contributed by atoms with Gasteiger partial charge in [0.05, 0.1) is 6.61 Å². The van der Waals surface area contributed by atoms with E-state index in [1.807, 2.05) is 29.3 Å². The molecule has 3 aliphatic heterocycles. The Morgan fingerprint density at radius 2 is 2.07 bits per heavy atom. The number of carbonyl (C=O) groups excluding carboxylic acids is 1. The van der Waals surface area contributed by atoms with E-state index in [9.17, 15) is 4.79 Å². The molecule has 6 nitrogen and oxygen atoms in total. The first-order chi connectivity index (χ1) is 13.7. The van der Waals surface area contributed by atoms with Crippen molar-refractivity contribution in [2.24, 2.45) is 0 Å². The molecule has 5 rings (SSSR count). The van der Waals surface area contributed by atoms with Gasteiger partial charge in [0.2, 0.25) is 5.79 Å². The molecule has 4 heterocycles. The lowest BCUT2D eigenvalue weighted by Crippen LogP contribution is -2.54. The largest absolute Gasteiger partial charge is 0.462 e. The Labute approximate surface area is 164 Å². The molecule has 0 N–H and O–H groups in total. The molecule has 1 spiro atoms. The van der Waals surface area contributed by atoms with Gasteiger partial charge in [-0.15, -0.1) is 0 Å². The monoisotopic (exact) mass is 380 g/mol. The fourth-order valence-corrected chi connectivity index (χ4v) is 4.23. The average Bonchev–Trinajstić information content (AvgIpc) is 3.29. The zero-order valence-electron chi connectivity index (χ0n) is 15.8. The van der Waals surface area contributed by atoms with Crippen LogP contribution < -0.4 is 4.74 Å². The average molecular weight is 380 g/mol. The Kier molecular flexibility index (Phi) is 4.53. The molecule has 0 radical (unpaired) electrons. The molecule has 1 amide bonds. The summed E-state index contributed by atoms with van der Waals surface area (Å²) in [7, 11) is 0. The van der Waals surface area contributed by atoms with Crippen molar-refractivity contribution in [3.8, 4) is 16.9 Å². The molecule has 3 aliphatic rings. The third kappa shape index (κ3) is 3.27. The number of rotatable bonds is 2. The second-order valence-electron chi connectivity index (χ2n) is 7.69. The van der Waals surface area contributed by atoms with Crippen molar-refractivity contribution in [3.05, 3.63) is 48.3 Å². The highest BCUT2D eigenvalue weighted by molar-refractivity contribution is 5.81. The number of likely N-dealkylation sites (tertiary alicyclic amines) is 1. The molecule has 28 heavy (non-hydrogen) atoms. The van der Waals surface area contributed by atoms with Crippen LogP contribution in [-0.4, -0.2) is 47.4 Å². The second kappa shape index (κ2) is 7.18. The highest BCUT2D eigenvalue weighted by Crippen LogP contribution is 2.39. The lowest BCUT2D eigenvalue weighted by Gasteiger charge is -2.44. The van der Waals surface area contributed by atoms with E-state index < -0.39 is 5.79 Å². The third-order valence-corrected chi connectivity index (χ3v) is 5.88. The summed E-state index contributed by atoms with van der Waals surface area (Å²) in [5.41, 5.74) is 3.23. The standard InChI is InChI=1S/C22H24N2O4/c25-21(20-4-2-12-26-20)24-10-7-22(8-11-24)27-15-18-13-16(5-6-19(18)28-22)17-3-1-9-23-14-17/h1,3,5-6,9,13-14,20H,2,4,7-8,10-12,15H2/t20-/m1/s1. The molecular weight excluding hydrogens is 356 g/mol. The van der Waals surface area contributed by atoms with Crippen molar-refractivity contribution in [3.63, 3.8) is 0 Å². The molecule has 1 atom stereocenters. The first-order valence-corrected chi connectivity index (χ1v) is 9.99. The SMILES string of the molecule is O=C([C@H]1CCCO1)N1CCC2(CC1)OCc1cc(-c3cccnc3)ccc1O2. The molecule has 146 valence electrons. The van der Waals surface area contributed by atoms with Crippen molar-refractivity contribution >= 4 is 5.91 Å². The molecule has 1 aromatic carbocycles. The van der Waals surface area contributed by atoms with E-state index in [1.165, 1.54) is 0 Å². The van der Waals surface area contributed by atoms with Crippen LogP contribution in [0.2, 0.25) is 0 Å². The normalized spacial score (nSPS) is 23.3. The minimum Gasteiger partial charge on any atom is -0.462 e. The molecule has 2 fully saturated rings. The fourth-order valence-electron chi connectivity index (χ4n) is 4.23. The Morgan fingerprint density at radius 1 is 1.18 bits per heavy atom. The van der Waals surface area contributed by atoms with Crippen LogP contribution >= 0.6 is 0 Å². The second-order valence-corrected chi connectivity index (χ2v) is 7.69. The van der Waals surface area contributed by atoms with Crippen LogP contribution in [0, 0.1) is 0 Å². The van der Waals surface area contributed by atoms with E-state index in [1.54, 1.807) is 6.20 Å². The summed E-state index contributed by atoms with van der Waals surface area (Å²) in [6.45, 7) is 2.49. The number of fused-ring (bicyclic) bond motifs is 1. The highest BCUT2D eigenvalue weighted by Gasteiger charge is 2.43. The van der Waals surface area contributed by atoms with Crippen molar-refractivity contribution in [1.29, 1.82) is 0 Å². The van der Waals surface area contributed by atoms with Crippen LogP contribution in [-0.2, 0) is 20.9 Å². The number of hydrogen-bond acceptors (Lipinski definition) is 5. The van der Waals surface area contributed by atoms with Gasteiger partial charge in [-0.05, 0) is 36.6 Å². The van der Waals surface area contributed by atoms with Crippen LogP contribution in [0.4, 0.5) is 0 Å². The number of amides is 1. The summed E-state index contributed by atoms with van der Waals surface area (Å²) >= 11 is 0. The van der Waals surface area contributed by atoms with Gasteiger partial charge in [0, 0.05) is 56.1 Å². The molecule has 1 aromatic heterocycles. The Morgan fingerprint density at radius 3 is 2.82 bits per heavy atom. The lowest BCUT2D eigenvalue weighted by atomic mass is 9.99. The Bertz CT molecular complexity index is 856.